The fourth-order valence-corrected chi connectivity index (χ4v) is 3.82. The number of benzene rings is 1. The number of aromatic nitrogens is 1. The predicted octanol–water partition coefficient (Wildman–Crippen LogP) is 0.330. The van der Waals surface area contributed by atoms with Gasteiger partial charge in [-0.1, -0.05) is 0 Å². The highest BCUT2D eigenvalue weighted by Gasteiger charge is 2.38. The summed E-state index contributed by atoms with van der Waals surface area (Å²) in [7, 11) is -4.26. The number of non-ortho nitro benzene ring substituents is 1. The van der Waals surface area contributed by atoms with Gasteiger partial charge in [-0.2, -0.15) is 13.2 Å². The monoisotopic (exact) mass is 581 g/mol. The molecule has 0 aliphatic heterocycles. The average molecular weight is 581 g/mol. The molecule has 0 saturated carbocycles. The zero-order chi connectivity index (χ0) is 30.1. The number of carbonyl (C=O) groups is 2. The number of guanidine groups is 1. The molecular formula is C19H22F3N7O9S. The number of carboxylic acids is 1. The summed E-state index contributed by atoms with van der Waals surface area (Å²) in [5.41, 5.74) is 11.4. The molecule has 0 radical (unpaired) electrons. The second-order valence-electron chi connectivity index (χ2n) is 7.29. The van der Waals surface area contributed by atoms with Crippen LogP contribution in [0, 0.1) is 22.4 Å². The lowest BCUT2D eigenvalue weighted by Crippen LogP contribution is -2.38. The number of carboxylic acid groups (broad SMARTS) is 1. The molecule has 0 fully saturated rings. The summed E-state index contributed by atoms with van der Waals surface area (Å²) >= 11 is 0. The van der Waals surface area contributed by atoms with Crippen molar-refractivity contribution in [2.75, 3.05) is 11.3 Å². The first-order valence-electron chi connectivity index (χ1n) is 10.2. The van der Waals surface area contributed by atoms with Crippen LogP contribution >= 0.6 is 0 Å². The first-order chi connectivity index (χ1) is 17.9. The van der Waals surface area contributed by atoms with Gasteiger partial charge in [0.25, 0.3) is 21.3 Å². The number of primary amides is 1. The second-order valence-corrected chi connectivity index (χ2v) is 8.98. The van der Waals surface area contributed by atoms with Crippen molar-refractivity contribution in [2.24, 2.45) is 11.5 Å². The molecule has 2 aromatic rings. The number of hydrogen-bond acceptors (Lipinski definition) is 9. The van der Waals surface area contributed by atoms with E-state index in [1.165, 1.54) is 19.1 Å². The van der Waals surface area contributed by atoms with Crippen LogP contribution in [-0.4, -0.2) is 53.6 Å². The van der Waals surface area contributed by atoms with Crippen LogP contribution in [0.1, 0.15) is 18.2 Å². The maximum atomic E-state index is 13.0. The third-order valence-corrected chi connectivity index (χ3v) is 5.86. The van der Waals surface area contributed by atoms with Crippen molar-refractivity contribution in [3.05, 3.63) is 62.6 Å². The number of sulfonamides is 1. The zero-order valence-electron chi connectivity index (χ0n) is 19.8. The number of nitro groups is 1. The summed E-state index contributed by atoms with van der Waals surface area (Å²) < 4.78 is 60.1. The van der Waals surface area contributed by atoms with Gasteiger partial charge in [0.2, 0.25) is 11.9 Å². The molecule has 1 aromatic carbocycles. The Morgan fingerprint density at radius 3 is 2.18 bits per heavy atom. The molecule has 0 aliphatic carbocycles. The number of hydrogen-bond donors (Lipinski definition) is 6. The van der Waals surface area contributed by atoms with E-state index in [2.05, 4.69) is 10.2 Å². The van der Waals surface area contributed by atoms with Crippen molar-refractivity contribution in [3.8, 4) is 0 Å². The van der Waals surface area contributed by atoms with Crippen molar-refractivity contribution >= 4 is 39.2 Å². The number of nitrogens with zero attached hydrogens (tertiary/aromatic N) is 2. The first kappa shape index (κ1) is 32.3. The Balaban J connectivity index is 0.000000956. The van der Waals surface area contributed by atoms with E-state index in [9.17, 15) is 41.3 Å². The maximum absolute atomic E-state index is 13.0. The van der Waals surface area contributed by atoms with Crippen LogP contribution in [0.3, 0.4) is 0 Å². The Bertz CT molecular complexity index is 1390. The number of anilines is 1. The van der Waals surface area contributed by atoms with E-state index in [0.29, 0.717) is 5.69 Å². The van der Waals surface area contributed by atoms with E-state index >= 15 is 0 Å². The number of carbonyl (C=O) groups excluding carboxylic acids is 1. The number of hydroxylamine groups is 1. The quantitative estimate of drug-likeness (QED) is 0.0732. The van der Waals surface area contributed by atoms with Gasteiger partial charge in [-0.25, -0.2) is 18.7 Å². The normalized spacial score (nSPS) is 11.9. The molecule has 1 amide bonds. The van der Waals surface area contributed by atoms with Crippen molar-refractivity contribution in [1.82, 2.24) is 10.0 Å². The molecule has 1 aromatic heterocycles. The lowest BCUT2D eigenvalue weighted by Gasteiger charge is -2.20. The fraction of sp³-hybridized carbons (Fsp3) is 0.263. The van der Waals surface area contributed by atoms with Crippen LogP contribution < -0.4 is 27.2 Å². The highest BCUT2D eigenvalue weighted by molar-refractivity contribution is 7.92. The van der Waals surface area contributed by atoms with Crippen LogP contribution in [0.4, 0.5) is 24.5 Å². The number of halogens is 3. The number of nitrogens with one attached hydrogen (secondary N) is 3. The molecular weight excluding hydrogens is 559 g/mol. The molecule has 0 spiro atoms. The number of amides is 1. The molecule has 2 rings (SSSR count). The molecule has 20 heteroatoms. The van der Waals surface area contributed by atoms with E-state index < -0.39 is 50.6 Å². The van der Waals surface area contributed by atoms with Crippen LogP contribution in [-0.2, 0) is 24.4 Å². The van der Waals surface area contributed by atoms with Crippen LogP contribution in [0.2, 0.25) is 0 Å². The molecule has 0 bridgehead atoms. The van der Waals surface area contributed by atoms with Gasteiger partial charge in [-0.05, 0) is 31.2 Å². The molecule has 1 unspecified atom stereocenters. The van der Waals surface area contributed by atoms with Gasteiger partial charge in [0.1, 0.15) is 11.7 Å². The van der Waals surface area contributed by atoms with Crippen LogP contribution in [0.25, 0.3) is 0 Å². The van der Waals surface area contributed by atoms with E-state index in [0.717, 1.165) is 28.8 Å². The molecule has 0 aliphatic rings. The van der Waals surface area contributed by atoms with E-state index in [-0.39, 0.29) is 29.3 Å². The van der Waals surface area contributed by atoms with Crippen molar-refractivity contribution in [3.63, 3.8) is 0 Å². The minimum Gasteiger partial charge on any atom is -0.475 e. The Kier molecular flexibility index (Phi) is 10.9. The summed E-state index contributed by atoms with van der Waals surface area (Å²) in [5, 5.41) is 24.9. The minimum absolute atomic E-state index is 0.0745. The molecule has 8 N–H and O–H groups in total. The molecule has 0 saturated heterocycles. The number of nitrogens with two attached hydrogens (primary N) is 2. The fourth-order valence-electron chi connectivity index (χ4n) is 2.76. The summed E-state index contributed by atoms with van der Waals surface area (Å²) in [6.07, 6.45) is -5.16. The summed E-state index contributed by atoms with van der Waals surface area (Å²) in [4.78, 5) is 48.5. The molecule has 214 valence electrons. The van der Waals surface area contributed by atoms with E-state index in [1.54, 1.807) is 0 Å². The Morgan fingerprint density at radius 1 is 1.21 bits per heavy atom. The Morgan fingerprint density at radius 2 is 1.74 bits per heavy atom. The van der Waals surface area contributed by atoms with Gasteiger partial charge in [-0.3, -0.25) is 39.2 Å². The number of nitro benzene ring substituents is 1. The molecule has 39 heavy (non-hydrogen) atoms. The van der Waals surface area contributed by atoms with Gasteiger partial charge in [0.05, 0.1) is 16.4 Å². The van der Waals surface area contributed by atoms with Crippen molar-refractivity contribution in [2.45, 2.75) is 30.5 Å². The maximum Gasteiger partial charge on any atom is 0.490 e. The standard InChI is InChI=1S/C17H21N7O7S.C2HF3O2/c1-10-2-7-13(22-32(29,30)12-5-3-11(4-6-12)24(27)28)16(26)23(10)14(15(18)25)8-9-31-21-17(19)20;3-2(4,5)1(6)7/h2-7,14,22H,8-9H2,1H3,(H2,18,25)(H4,19,20,21);(H,6,7). The number of aliphatic carboxylic acids is 1. The van der Waals surface area contributed by atoms with Gasteiger partial charge < -0.3 is 16.6 Å². The average Bonchev–Trinajstić information content (AvgIpc) is 2.81. The highest BCUT2D eigenvalue weighted by Crippen LogP contribution is 2.19. The van der Waals surface area contributed by atoms with Gasteiger partial charge >= 0.3 is 12.1 Å². The topological polar surface area (TPSA) is 263 Å². The smallest absolute Gasteiger partial charge is 0.475 e. The lowest BCUT2D eigenvalue weighted by molar-refractivity contribution is -0.384. The van der Waals surface area contributed by atoms with E-state index in [1.807, 2.05) is 0 Å². The first-order valence-corrected chi connectivity index (χ1v) is 11.7. The SMILES string of the molecule is Cc1ccc(NS(=O)(=O)c2ccc([N+](=O)[O-])cc2)c(=O)n1C(CCONC(=N)N)C(N)=O.O=C(O)C(F)(F)F. The summed E-state index contributed by atoms with van der Waals surface area (Å²) in [5.74, 6) is -4.08. The van der Waals surface area contributed by atoms with Gasteiger partial charge in [0.15, 0.2) is 0 Å². The number of alkyl halides is 3. The number of pyridine rings is 1. The van der Waals surface area contributed by atoms with E-state index in [4.69, 9.17) is 31.6 Å². The molecule has 16 nitrogen and oxygen atoms in total. The lowest BCUT2D eigenvalue weighted by atomic mass is 10.1. The molecule has 1 heterocycles. The van der Waals surface area contributed by atoms with Crippen LogP contribution in [0.5, 0.6) is 0 Å². The zero-order valence-corrected chi connectivity index (χ0v) is 20.6. The number of rotatable bonds is 10. The Labute approximate surface area is 217 Å². The summed E-state index contributed by atoms with van der Waals surface area (Å²) in [6, 6.07) is 5.54. The second kappa shape index (κ2) is 13.2. The largest absolute Gasteiger partial charge is 0.490 e. The van der Waals surface area contributed by atoms with Crippen molar-refractivity contribution in [1.29, 1.82) is 5.41 Å². The van der Waals surface area contributed by atoms with Crippen molar-refractivity contribution < 1.29 is 46.0 Å². The van der Waals surface area contributed by atoms with Crippen LogP contribution in [0.15, 0.2) is 46.1 Å². The van der Waals surface area contributed by atoms with Gasteiger partial charge in [-0.15, -0.1) is 0 Å². The summed E-state index contributed by atoms with van der Waals surface area (Å²) in [6.45, 7) is 1.39. The third kappa shape index (κ3) is 9.59. The third-order valence-electron chi connectivity index (χ3n) is 4.48. The minimum atomic E-state index is -5.08. The highest BCUT2D eigenvalue weighted by atomic mass is 32.2. The van der Waals surface area contributed by atoms with Gasteiger partial charge in [0, 0.05) is 24.2 Å². The number of aryl methyl sites for hydroxylation is 1. The Hall–Kier alpha value is -4.72. The molecule has 1 atom stereocenters. The predicted molar refractivity (Wildman–Crippen MR) is 127 cm³/mol.